The predicted octanol–water partition coefficient (Wildman–Crippen LogP) is 2.87. The van der Waals surface area contributed by atoms with Crippen molar-refractivity contribution >= 4 is 37.6 Å². The fraction of sp³-hybridized carbons (Fsp3) is 0.538. The van der Waals surface area contributed by atoms with Gasteiger partial charge in [0.05, 0.1) is 9.92 Å². The molecule has 1 aliphatic rings. The van der Waals surface area contributed by atoms with Crippen molar-refractivity contribution in [2.45, 2.75) is 30.2 Å². The Bertz CT molecular complexity index is 580. The molecule has 1 N–H and O–H groups in total. The maximum atomic E-state index is 12.3. The molecule has 1 atom stereocenters. The van der Waals surface area contributed by atoms with E-state index in [-0.39, 0.29) is 10.9 Å². The Kier molecular flexibility index (Phi) is 5.48. The summed E-state index contributed by atoms with van der Waals surface area (Å²) in [7, 11) is -1.45. The van der Waals surface area contributed by atoms with Gasteiger partial charge in [-0.1, -0.05) is 18.0 Å². The first-order chi connectivity index (χ1) is 9.40. The van der Waals surface area contributed by atoms with E-state index in [4.69, 9.17) is 11.6 Å². The van der Waals surface area contributed by atoms with Gasteiger partial charge in [-0.2, -0.15) is 0 Å². The lowest BCUT2D eigenvalue weighted by Crippen LogP contribution is -2.44. The van der Waals surface area contributed by atoms with Crippen molar-refractivity contribution in [2.24, 2.45) is 0 Å². The molecule has 1 heterocycles. The third-order valence-electron chi connectivity index (χ3n) is 3.63. The number of piperidine rings is 1. The number of hydrogen-bond donors (Lipinski definition) is 1. The maximum absolute atomic E-state index is 12.3. The molecule has 4 nitrogen and oxygen atoms in total. The highest BCUT2D eigenvalue weighted by Crippen LogP contribution is 2.25. The largest absolute Gasteiger partial charge is 0.302 e. The van der Waals surface area contributed by atoms with Gasteiger partial charge in [0.2, 0.25) is 10.0 Å². The average molecular weight is 382 g/mol. The van der Waals surface area contributed by atoms with Crippen molar-refractivity contribution in [3.05, 3.63) is 27.7 Å². The number of hydrogen-bond acceptors (Lipinski definition) is 3. The van der Waals surface area contributed by atoms with Gasteiger partial charge in [-0.15, -0.1) is 0 Å². The van der Waals surface area contributed by atoms with E-state index in [0.29, 0.717) is 16.0 Å². The van der Waals surface area contributed by atoms with Crippen molar-refractivity contribution < 1.29 is 8.42 Å². The summed E-state index contributed by atoms with van der Waals surface area (Å²) in [5.74, 6) is 0. The van der Waals surface area contributed by atoms with Gasteiger partial charge in [0.1, 0.15) is 0 Å². The lowest BCUT2D eigenvalue weighted by molar-refractivity contribution is 0.187. The Hall–Kier alpha value is -0.140. The van der Waals surface area contributed by atoms with Crippen LogP contribution in [0.4, 0.5) is 0 Å². The fourth-order valence-electron chi connectivity index (χ4n) is 2.34. The van der Waals surface area contributed by atoms with Crippen molar-refractivity contribution in [2.75, 3.05) is 20.1 Å². The van der Waals surface area contributed by atoms with Gasteiger partial charge in [0, 0.05) is 17.1 Å². The van der Waals surface area contributed by atoms with Gasteiger partial charge in [-0.3, -0.25) is 0 Å². The molecule has 0 aliphatic carbocycles. The summed E-state index contributed by atoms with van der Waals surface area (Å²) in [6.45, 7) is 1.47. The minimum atomic E-state index is -3.49. The van der Waals surface area contributed by atoms with Gasteiger partial charge >= 0.3 is 0 Å². The minimum absolute atomic E-state index is 0.229. The monoisotopic (exact) mass is 380 g/mol. The standard InChI is InChI=1S/C13H18BrClN2O2S/c1-17-7-3-2-4-10(17)9-16-20(18,19)11-5-6-13(15)12(14)8-11/h5-6,8,10,16H,2-4,7,9H2,1H3. The Labute approximate surface area is 133 Å². The molecule has 0 bridgehead atoms. The van der Waals surface area contributed by atoms with E-state index in [2.05, 4.69) is 25.6 Å². The summed E-state index contributed by atoms with van der Waals surface area (Å²) >= 11 is 9.12. The van der Waals surface area contributed by atoms with E-state index in [9.17, 15) is 8.42 Å². The van der Waals surface area contributed by atoms with E-state index in [1.807, 2.05) is 7.05 Å². The van der Waals surface area contributed by atoms with Crippen LogP contribution in [-0.2, 0) is 10.0 Å². The number of nitrogens with zero attached hydrogens (tertiary/aromatic N) is 1. The number of likely N-dealkylation sites (N-methyl/N-ethyl adjacent to an activating group) is 1. The minimum Gasteiger partial charge on any atom is -0.302 e. The van der Waals surface area contributed by atoms with Gasteiger partial charge in [-0.05, 0) is 60.6 Å². The summed E-state index contributed by atoms with van der Waals surface area (Å²) < 4.78 is 27.8. The number of halogens is 2. The van der Waals surface area contributed by atoms with Crippen molar-refractivity contribution in [1.29, 1.82) is 0 Å². The first-order valence-electron chi connectivity index (χ1n) is 6.55. The quantitative estimate of drug-likeness (QED) is 0.872. The van der Waals surface area contributed by atoms with Crippen molar-refractivity contribution in [3.8, 4) is 0 Å². The molecular weight excluding hydrogens is 364 g/mol. The molecule has 1 aromatic rings. The first kappa shape index (κ1) is 16.2. The molecule has 0 radical (unpaired) electrons. The second kappa shape index (κ2) is 6.75. The number of nitrogens with one attached hydrogen (secondary N) is 1. The maximum Gasteiger partial charge on any atom is 0.240 e. The van der Waals surface area contributed by atoms with E-state index >= 15 is 0 Å². The summed E-state index contributed by atoms with van der Waals surface area (Å²) in [6, 6.07) is 4.89. The molecular formula is C13H18BrClN2O2S. The van der Waals surface area contributed by atoms with Crippen LogP contribution in [-0.4, -0.2) is 39.5 Å². The number of benzene rings is 1. The number of sulfonamides is 1. The zero-order valence-electron chi connectivity index (χ0n) is 11.3. The van der Waals surface area contributed by atoms with Crippen molar-refractivity contribution in [1.82, 2.24) is 9.62 Å². The Morgan fingerprint density at radius 2 is 2.20 bits per heavy atom. The second-order valence-electron chi connectivity index (χ2n) is 5.06. The van der Waals surface area contributed by atoms with Crippen LogP contribution in [0.15, 0.2) is 27.6 Å². The van der Waals surface area contributed by atoms with E-state index < -0.39 is 10.0 Å². The third kappa shape index (κ3) is 3.95. The van der Waals surface area contributed by atoms with E-state index in [1.54, 1.807) is 6.07 Å². The summed E-state index contributed by atoms with van der Waals surface area (Å²) in [5.41, 5.74) is 0. The molecule has 1 fully saturated rings. The molecule has 0 amide bonds. The summed E-state index contributed by atoms with van der Waals surface area (Å²) in [4.78, 5) is 2.44. The number of rotatable bonds is 4. The van der Waals surface area contributed by atoms with Crippen LogP contribution in [0, 0.1) is 0 Å². The van der Waals surface area contributed by atoms with Crippen LogP contribution in [0.2, 0.25) is 5.02 Å². The normalized spacial score (nSPS) is 21.1. The summed E-state index contributed by atoms with van der Waals surface area (Å²) in [5, 5.41) is 0.496. The van der Waals surface area contributed by atoms with Crippen LogP contribution in [0.3, 0.4) is 0 Å². The summed E-state index contributed by atoms with van der Waals surface area (Å²) in [6.07, 6.45) is 3.37. The Balaban J connectivity index is 2.05. The van der Waals surface area contributed by atoms with Crippen LogP contribution in [0.25, 0.3) is 0 Å². The molecule has 112 valence electrons. The van der Waals surface area contributed by atoms with E-state index in [0.717, 1.165) is 19.4 Å². The smallest absolute Gasteiger partial charge is 0.240 e. The first-order valence-corrected chi connectivity index (χ1v) is 9.20. The molecule has 1 unspecified atom stereocenters. The molecule has 1 saturated heterocycles. The lowest BCUT2D eigenvalue weighted by Gasteiger charge is -2.32. The zero-order chi connectivity index (χ0) is 14.8. The zero-order valence-corrected chi connectivity index (χ0v) is 14.4. The number of likely N-dealkylation sites (tertiary alicyclic amines) is 1. The molecule has 1 aliphatic heterocycles. The van der Waals surface area contributed by atoms with Crippen LogP contribution in [0.1, 0.15) is 19.3 Å². The molecule has 2 rings (SSSR count). The SMILES string of the molecule is CN1CCCCC1CNS(=O)(=O)c1ccc(Cl)c(Br)c1. The highest BCUT2D eigenvalue weighted by atomic mass is 79.9. The van der Waals surface area contributed by atoms with Crippen LogP contribution in [0.5, 0.6) is 0 Å². The van der Waals surface area contributed by atoms with Gasteiger partial charge in [-0.25, -0.2) is 13.1 Å². The second-order valence-corrected chi connectivity index (χ2v) is 8.09. The Morgan fingerprint density at radius 3 is 2.85 bits per heavy atom. The lowest BCUT2D eigenvalue weighted by atomic mass is 10.0. The predicted molar refractivity (Wildman–Crippen MR) is 84.6 cm³/mol. The van der Waals surface area contributed by atoms with Gasteiger partial charge < -0.3 is 4.90 Å². The average Bonchev–Trinajstić information content (AvgIpc) is 2.41. The highest BCUT2D eigenvalue weighted by molar-refractivity contribution is 9.10. The fourth-order valence-corrected chi connectivity index (χ4v) is 4.08. The molecule has 0 saturated carbocycles. The highest BCUT2D eigenvalue weighted by Gasteiger charge is 2.22. The molecule has 1 aromatic carbocycles. The third-order valence-corrected chi connectivity index (χ3v) is 6.27. The van der Waals surface area contributed by atoms with Crippen molar-refractivity contribution in [3.63, 3.8) is 0 Å². The van der Waals surface area contributed by atoms with Gasteiger partial charge in [0.15, 0.2) is 0 Å². The van der Waals surface area contributed by atoms with Crippen LogP contribution >= 0.6 is 27.5 Å². The molecule has 7 heteroatoms. The molecule has 20 heavy (non-hydrogen) atoms. The van der Waals surface area contributed by atoms with Gasteiger partial charge in [0.25, 0.3) is 0 Å². The Morgan fingerprint density at radius 1 is 1.45 bits per heavy atom. The molecule has 0 aromatic heterocycles. The van der Waals surface area contributed by atoms with E-state index in [1.165, 1.54) is 18.6 Å². The topological polar surface area (TPSA) is 49.4 Å². The van der Waals surface area contributed by atoms with Crippen LogP contribution < -0.4 is 4.72 Å². The molecule has 0 spiro atoms.